The van der Waals surface area contributed by atoms with Gasteiger partial charge < -0.3 is 25.3 Å². The summed E-state index contributed by atoms with van der Waals surface area (Å²) in [5, 5.41) is 11.0. The number of morpholine rings is 1. The van der Waals surface area contributed by atoms with Crippen molar-refractivity contribution in [1.29, 1.82) is 0 Å². The Morgan fingerprint density at radius 3 is 2.69 bits per heavy atom. The third-order valence-corrected chi connectivity index (χ3v) is 2.59. The fourth-order valence-corrected chi connectivity index (χ4v) is 1.80. The van der Waals surface area contributed by atoms with Crippen LogP contribution in [-0.4, -0.2) is 32.3 Å². The predicted molar refractivity (Wildman–Crippen MR) is 58.2 cm³/mol. The molecule has 1 aliphatic rings. The molecule has 0 bridgehead atoms. The van der Waals surface area contributed by atoms with Gasteiger partial charge in [-0.25, -0.2) is 0 Å². The largest absolute Gasteiger partial charge is 0.545 e. The molecule has 0 amide bonds. The molecule has 1 heterocycles. The van der Waals surface area contributed by atoms with E-state index in [0.29, 0.717) is 37.7 Å². The summed E-state index contributed by atoms with van der Waals surface area (Å²) in [5.41, 5.74) is 6.78. The molecular formula is C11H13N2O3-. The van der Waals surface area contributed by atoms with Gasteiger partial charge in [-0.05, 0) is 18.2 Å². The van der Waals surface area contributed by atoms with Crippen molar-refractivity contribution in [3.05, 3.63) is 23.8 Å². The monoisotopic (exact) mass is 221 g/mol. The van der Waals surface area contributed by atoms with E-state index in [1.165, 1.54) is 6.07 Å². The normalized spacial score (nSPS) is 16.1. The molecule has 86 valence electrons. The second-order valence-electron chi connectivity index (χ2n) is 3.66. The Morgan fingerprint density at radius 2 is 2.06 bits per heavy atom. The van der Waals surface area contributed by atoms with E-state index in [-0.39, 0.29) is 5.56 Å². The topological polar surface area (TPSA) is 78.6 Å². The highest BCUT2D eigenvalue weighted by Crippen LogP contribution is 2.23. The molecular weight excluding hydrogens is 208 g/mol. The number of hydrogen-bond acceptors (Lipinski definition) is 5. The molecule has 2 rings (SSSR count). The van der Waals surface area contributed by atoms with Crippen LogP contribution in [0.25, 0.3) is 0 Å². The molecule has 1 fully saturated rings. The van der Waals surface area contributed by atoms with Crippen LogP contribution < -0.4 is 15.7 Å². The summed E-state index contributed by atoms with van der Waals surface area (Å²) in [4.78, 5) is 13.0. The van der Waals surface area contributed by atoms with E-state index in [0.717, 1.165) is 0 Å². The van der Waals surface area contributed by atoms with Crippen LogP contribution in [-0.2, 0) is 4.74 Å². The second kappa shape index (κ2) is 4.40. The number of nitrogen functional groups attached to an aromatic ring is 1. The van der Waals surface area contributed by atoms with Crippen LogP contribution in [0, 0.1) is 0 Å². The molecule has 1 aliphatic heterocycles. The van der Waals surface area contributed by atoms with Gasteiger partial charge in [0.2, 0.25) is 0 Å². The summed E-state index contributed by atoms with van der Waals surface area (Å²) < 4.78 is 5.22. The average Bonchev–Trinajstić information content (AvgIpc) is 2.30. The van der Waals surface area contributed by atoms with Crippen molar-refractivity contribution in [2.45, 2.75) is 0 Å². The van der Waals surface area contributed by atoms with Crippen molar-refractivity contribution in [3.63, 3.8) is 0 Å². The Labute approximate surface area is 93.4 Å². The van der Waals surface area contributed by atoms with E-state index in [1.807, 2.05) is 4.90 Å². The highest BCUT2D eigenvalue weighted by Gasteiger charge is 2.15. The van der Waals surface area contributed by atoms with Crippen molar-refractivity contribution in [3.8, 4) is 0 Å². The summed E-state index contributed by atoms with van der Waals surface area (Å²) in [6.45, 7) is 2.59. The first-order valence-electron chi connectivity index (χ1n) is 5.12. The highest BCUT2D eigenvalue weighted by atomic mass is 16.5. The van der Waals surface area contributed by atoms with Gasteiger partial charge in [0.05, 0.1) is 19.2 Å². The van der Waals surface area contributed by atoms with E-state index >= 15 is 0 Å². The Hall–Kier alpha value is -1.75. The zero-order valence-electron chi connectivity index (χ0n) is 8.81. The predicted octanol–water partition coefficient (Wildman–Crippen LogP) is -0.531. The SMILES string of the molecule is Nc1ccc(N2CCOCC2)c(C(=O)[O-])c1. The number of aromatic carboxylic acids is 1. The van der Waals surface area contributed by atoms with Crippen molar-refractivity contribution >= 4 is 17.3 Å². The number of hydrogen-bond donors (Lipinski definition) is 1. The maximum Gasteiger partial charge on any atom is 0.0736 e. The number of nitrogens with two attached hydrogens (primary N) is 1. The van der Waals surface area contributed by atoms with E-state index in [9.17, 15) is 9.90 Å². The van der Waals surface area contributed by atoms with Gasteiger partial charge in [0.25, 0.3) is 0 Å². The lowest BCUT2D eigenvalue weighted by Crippen LogP contribution is -2.38. The zero-order valence-corrected chi connectivity index (χ0v) is 8.81. The molecule has 0 unspecified atom stereocenters. The van der Waals surface area contributed by atoms with Gasteiger partial charge in [-0.1, -0.05) is 0 Å². The number of anilines is 2. The maximum atomic E-state index is 11.0. The van der Waals surface area contributed by atoms with Gasteiger partial charge in [-0.3, -0.25) is 0 Å². The fraction of sp³-hybridized carbons (Fsp3) is 0.364. The number of carbonyl (C=O) groups excluding carboxylic acids is 1. The third kappa shape index (κ3) is 2.09. The van der Waals surface area contributed by atoms with Gasteiger partial charge in [-0.2, -0.15) is 0 Å². The molecule has 0 aromatic heterocycles. The first-order chi connectivity index (χ1) is 7.68. The number of carbonyl (C=O) groups is 1. The quantitative estimate of drug-likeness (QED) is 0.679. The lowest BCUT2D eigenvalue weighted by Gasteiger charge is -2.30. The van der Waals surface area contributed by atoms with Crippen LogP contribution in [0.4, 0.5) is 11.4 Å². The Bertz CT molecular complexity index is 400. The zero-order chi connectivity index (χ0) is 11.5. The number of benzene rings is 1. The summed E-state index contributed by atoms with van der Waals surface area (Å²) in [5.74, 6) is -1.20. The van der Waals surface area contributed by atoms with Crippen molar-refractivity contribution in [1.82, 2.24) is 0 Å². The van der Waals surface area contributed by atoms with Crippen molar-refractivity contribution in [2.24, 2.45) is 0 Å². The van der Waals surface area contributed by atoms with E-state index in [1.54, 1.807) is 12.1 Å². The molecule has 0 radical (unpaired) electrons. The van der Waals surface area contributed by atoms with Crippen LogP contribution >= 0.6 is 0 Å². The van der Waals surface area contributed by atoms with Crippen LogP contribution in [0.1, 0.15) is 10.4 Å². The Balaban J connectivity index is 2.34. The van der Waals surface area contributed by atoms with Crippen LogP contribution in [0.3, 0.4) is 0 Å². The molecule has 5 nitrogen and oxygen atoms in total. The molecule has 2 N–H and O–H groups in total. The summed E-state index contributed by atoms with van der Waals surface area (Å²) >= 11 is 0. The summed E-state index contributed by atoms with van der Waals surface area (Å²) in [6.07, 6.45) is 0. The molecule has 0 aliphatic carbocycles. The second-order valence-corrected chi connectivity index (χ2v) is 3.66. The van der Waals surface area contributed by atoms with Gasteiger partial charge in [-0.15, -0.1) is 0 Å². The summed E-state index contributed by atoms with van der Waals surface area (Å²) in [6, 6.07) is 4.84. The van der Waals surface area contributed by atoms with Crippen LogP contribution in [0.5, 0.6) is 0 Å². The average molecular weight is 221 g/mol. The first kappa shape index (κ1) is 10.8. The van der Waals surface area contributed by atoms with Gasteiger partial charge >= 0.3 is 0 Å². The number of nitrogens with zero attached hydrogens (tertiary/aromatic N) is 1. The summed E-state index contributed by atoms with van der Waals surface area (Å²) in [7, 11) is 0. The highest BCUT2D eigenvalue weighted by molar-refractivity contribution is 5.94. The smallest absolute Gasteiger partial charge is 0.0736 e. The molecule has 0 spiro atoms. The molecule has 0 saturated carbocycles. The number of rotatable bonds is 2. The molecule has 0 atom stereocenters. The fourth-order valence-electron chi connectivity index (χ4n) is 1.80. The molecule has 1 aromatic rings. The van der Waals surface area contributed by atoms with Crippen LogP contribution in [0.2, 0.25) is 0 Å². The molecule has 1 aromatic carbocycles. The van der Waals surface area contributed by atoms with E-state index < -0.39 is 5.97 Å². The standard InChI is InChI=1S/C11H14N2O3/c12-8-1-2-10(9(7-8)11(14)15)13-3-5-16-6-4-13/h1-2,7H,3-6,12H2,(H,14,15)/p-1. The minimum atomic E-state index is -1.20. The minimum Gasteiger partial charge on any atom is -0.545 e. The van der Waals surface area contributed by atoms with Crippen molar-refractivity contribution < 1.29 is 14.6 Å². The number of ether oxygens (including phenoxy) is 1. The minimum absolute atomic E-state index is 0.141. The first-order valence-corrected chi connectivity index (χ1v) is 5.12. The van der Waals surface area contributed by atoms with Crippen molar-refractivity contribution in [2.75, 3.05) is 36.9 Å². The molecule has 1 saturated heterocycles. The lowest BCUT2D eigenvalue weighted by atomic mass is 10.1. The van der Waals surface area contributed by atoms with E-state index in [4.69, 9.17) is 10.5 Å². The molecule has 5 heteroatoms. The Kier molecular flexibility index (Phi) is 2.96. The van der Waals surface area contributed by atoms with Crippen LogP contribution in [0.15, 0.2) is 18.2 Å². The lowest BCUT2D eigenvalue weighted by molar-refractivity contribution is -0.254. The van der Waals surface area contributed by atoms with E-state index in [2.05, 4.69) is 0 Å². The van der Waals surface area contributed by atoms with Gasteiger partial charge in [0, 0.05) is 30.0 Å². The van der Waals surface area contributed by atoms with Gasteiger partial charge in [0.15, 0.2) is 0 Å². The molecule has 16 heavy (non-hydrogen) atoms. The third-order valence-electron chi connectivity index (χ3n) is 2.59. The van der Waals surface area contributed by atoms with Gasteiger partial charge in [0.1, 0.15) is 0 Å². The maximum absolute atomic E-state index is 11.0. The number of carboxylic acids is 1. The number of carboxylic acid groups (broad SMARTS) is 1. The Morgan fingerprint density at radius 1 is 1.38 bits per heavy atom.